The molecule has 1 fully saturated rings. The average molecular weight is 438 g/mol. The topological polar surface area (TPSA) is 91.0 Å². The molecule has 1 aliphatic rings. The van der Waals surface area contributed by atoms with Crippen LogP contribution in [0.2, 0.25) is 5.02 Å². The highest BCUT2D eigenvalue weighted by Gasteiger charge is 2.35. The third-order valence-corrected chi connectivity index (χ3v) is 5.09. The van der Waals surface area contributed by atoms with E-state index in [9.17, 15) is 14.0 Å². The maximum atomic E-state index is 14.0. The lowest BCUT2D eigenvalue weighted by molar-refractivity contribution is -0.137. The van der Waals surface area contributed by atoms with E-state index >= 15 is 0 Å². The van der Waals surface area contributed by atoms with E-state index in [1.807, 2.05) is 20.8 Å². The van der Waals surface area contributed by atoms with Crippen molar-refractivity contribution in [2.75, 3.05) is 13.1 Å². The van der Waals surface area contributed by atoms with Gasteiger partial charge in [-0.1, -0.05) is 29.8 Å². The monoisotopic (exact) mass is 437 g/mol. The second-order valence-corrected chi connectivity index (χ2v) is 8.24. The molecule has 1 aliphatic carbocycles. The molecule has 0 unspecified atom stereocenters. The van der Waals surface area contributed by atoms with E-state index in [1.54, 1.807) is 18.2 Å². The molecule has 1 aromatic carbocycles. The van der Waals surface area contributed by atoms with Crippen LogP contribution < -0.4 is 11.1 Å². The molecular weight excluding hydrogens is 409 g/mol. The number of allylic oxidation sites excluding steroid dienone is 1. The van der Waals surface area contributed by atoms with Crippen LogP contribution in [-0.4, -0.2) is 53.1 Å². The van der Waals surface area contributed by atoms with Crippen molar-refractivity contribution in [3.63, 3.8) is 0 Å². The zero-order chi connectivity index (χ0) is 22.5. The Bertz CT molecular complexity index is 833. The van der Waals surface area contributed by atoms with Gasteiger partial charge in [0.15, 0.2) is 0 Å². The minimum Gasteiger partial charge on any atom is -0.350 e. The number of rotatable bonds is 10. The SMILES string of the molecule is C=NN(CC(=O)N(CC(=O)NCc1cccc(Cl)c1F)C1CC1)/C(=C/C)C(C)(C)N. The Balaban J connectivity index is 2.01. The van der Waals surface area contributed by atoms with Crippen molar-refractivity contribution in [1.29, 1.82) is 0 Å². The van der Waals surface area contributed by atoms with E-state index in [1.165, 1.54) is 16.0 Å². The first-order valence-corrected chi connectivity index (χ1v) is 10.1. The maximum absolute atomic E-state index is 14.0. The normalized spacial score (nSPS) is 14.3. The largest absolute Gasteiger partial charge is 0.350 e. The van der Waals surface area contributed by atoms with Gasteiger partial charge in [-0.2, -0.15) is 5.10 Å². The zero-order valence-electron chi connectivity index (χ0n) is 17.6. The van der Waals surface area contributed by atoms with E-state index in [0.29, 0.717) is 5.70 Å². The molecule has 2 rings (SSSR count). The van der Waals surface area contributed by atoms with Crippen LogP contribution in [0.1, 0.15) is 39.2 Å². The van der Waals surface area contributed by atoms with E-state index in [4.69, 9.17) is 17.3 Å². The fourth-order valence-corrected chi connectivity index (χ4v) is 3.37. The summed E-state index contributed by atoms with van der Waals surface area (Å²) in [4.78, 5) is 26.9. The number of benzene rings is 1. The van der Waals surface area contributed by atoms with Gasteiger partial charge < -0.3 is 16.0 Å². The second kappa shape index (κ2) is 10.0. The van der Waals surface area contributed by atoms with Crippen molar-refractivity contribution in [2.45, 2.75) is 51.7 Å². The summed E-state index contributed by atoms with van der Waals surface area (Å²) in [7, 11) is 0. The van der Waals surface area contributed by atoms with Crippen LogP contribution in [0.5, 0.6) is 0 Å². The molecule has 164 valence electrons. The molecule has 0 atom stereocenters. The molecule has 30 heavy (non-hydrogen) atoms. The lowest BCUT2D eigenvalue weighted by Crippen LogP contribution is -2.48. The molecule has 0 aliphatic heterocycles. The van der Waals surface area contributed by atoms with E-state index in [0.717, 1.165) is 12.8 Å². The Morgan fingerprint density at radius 2 is 2.07 bits per heavy atom. The Labute approximate surface area is 181 Å². The van der Waals surface area contributed by atoms with Crippen molar-refractivity contribution in [3.8, 4) is 0 Å². The first kappa shape index (κ1) is 23.8. The van der Waals surface area contributed by atoms with Gasteiger partial charge in [-0.15, -0.1) is 0 Å². The molecule has 3 N–H and O–H groups in total. The van der Waals surface area contributed by atoms with Crippen LogP contribution in [0.3, 0.4) is 0 Å². The van der Waals surface area contributed by atoms with Crippen LogP contribution in [0, 0.1) is 5.82 Å². The summed E-state index contributed by atoms with van der Waals surface area (Å²) >= 11 is 5.76. The summed E-state index contributed by atoms with van der Waals surface area (Å²) in [5.41, 5.74) is 6.39. The molecule has 0 spiro atoms. The number of halogens is 2. The van der Waals surface area contributed by atoms with Crippen molar-refractivity contribution >= 4 is 30.1 Å². The van der Waals surface area contributed by atoms with Gasteiger partial charge in [0.25, 0.3) is 0 Å². The van der Waals surface area contributed by atoms with Gasteiger partial charge in [-0.25, -0.2) is 4.39 Å². The fourth-order valence-electron chi connectivity index (χ4n) is 3.18. The third kappa shape index (κ3) is 6.27. The predicted octanol–water partition coefficient (Wildman–Crippen LogP) is 2.65. The Hall–Kier alpha value is -2.45. The standard InChI is InChI=1S/C21H29ClFN5O2/c1-5-17(21(2,3)24)28(25-4)13-19(30)27(15-9-10-15)12-18(29)26-11-14-7-6-8-16(22)20(14)23/h5-8,15H,4,9-13,24H2,1-3H3,(H,26,29)/b17-5+. The Morgan fingerprint density at radius 3 is 2.60 bits per heavy atom. The van der Waals surface area contributed by atoms with Gasteiger partial charge in [-0.05, 0) is 39.7 Å². The van der Waals surface area contributed by atoms with Crippen LogP contribution in [0.15, 0.2) is 35.1 Å². The highest BCUT2D eigenvalue weighted by Crippen LogP contribution is 2.27. The number of hydrazone groups is 1. The minimum absolute atomic E-state index is 0.00355. The lowest BCUT2D eigenvalue weighted by Gasteiger charge is -2.32. The summed E-state index contributed by atoms with van der Waals surface area (Å²) in [6, 6.07) is 4.61. The number of nitrogens with two attached hydrogens (primary N) is 1. The maximum Gasteiger partial charge on any atom is 0.245 e. The van der Waals surface area contributed by atoms with Gasteiger partial charge in [0.1, 0.15) is 12.4 Å². The second-order valence-electron chi connectivity index (χ2n) is 7.84. The fraction of sp³-hybridized carbons (Fsp3) is 0.476. The number of hydrogen-bond acceptors (Lipinski definition) is 5. The average Bonchev–Trinajstić information content (AvgIpc) is 3.50. The highest BCUT2D eigenvalue weighted by atomic mass is 35.5. The van der Waals surface area contributed by atoms with E-state index < -0.39 is 11.4 Å². The molecule has 2 amide bonds. The lowest BCUT2D eigenvalue weighted by atomic mass is 10.0. The molecule has 1 aromatic rings. The number of amides is 2. The van der Waals surface area contributed by atoms with Crippen molar-refractivity contribution in [3.05, 3.63) is 46.4 Å². The van der Waals surface area contributed by atoms with Gasteiger partial charge in [-0.3, -0.25) is 14.6 Å². The number of carbonyl (C=O) groups is 2. The molecule has 0 saturated heterocycles. The molecule has 7 nitrogen and oxygen atoms in total. The van der Waals surface area contributed by atoms with Crippen LogP contribution >= 0.6 is 11.6 Å². The van der Waals surface area contributed by atoms with Crippen molar-refractivity contribution in [1.82, 2.24) is 15.2 Å². The summed E-state index contributed by atoms with van der Waals surface area (Å²) in [6.07, 6.45) is 3.46. The minimum atomic E-state index is -0.709. The number of carbonyl (C=O) groups excluding carboxylic acids is 2. The van der Waals surface area contributed by atoms with Gasteiger partial charge >= 0.3 is 0 Å². The van der Waals surface area contributed by atoms with Crippen LogP contribution in [-0.2, 0) is 16.1 Å². The molecular formula is C21H29ClFN5O2. The molecule has 0 radical (unpaired) electrons. The van der Waals surface area contributed by atoms with Crippen molar-refractivity contribution in [2.24, 2.45) is 10.8 Å². The van der Waals surface area contributed by atoms with Gasteiger partial charge in [0.05, 0.1) is 22.8 Å². The Kier molecular flexibility index (Phi) is 7.97. The van der Waals surface area contributed by atoms with Crippen LogP contribution in [0.4, 0.5) is 4.39 Å². The summed E-state index contributed by atoms with van der Waals surface area (Å²) in [6.45, 7) is 8.77. The van der Waals surface area contributed by atoms with Crippen molar-refractivity contribution < 1.29 is 14.0 Å². The smallest absolute Gasteiger partial charge is 0.245 e. The van der Waals surface area contributed by atoms with E-state index in [-0.39, 0.29) is 48.1 Å². The molecule has 0 bridgehead atoms. The molecule has 9 heteroatoms. The first-order valence-electron chi connectivity index (χ1n) is 9.77. The zero-order valence-corrected chi connectivity index (χ0v) is 18.4. The number of nitrogens with zero attached hydrogens (tertiary/aromatic N) is 3. The number of hydrogen-bond donors (Lipinski definition) is 2. The quantitative estimate of drug-likeness (QED) is 0.435. The highest BCUT2D eigenvalue weighted by molar-refractivity contribution is 6.30. The molecule has 1 saturated carbocycles. The number of nitrogens with one attached hydrogen (secondary N) is 1. The summed E-state index contributed by atoms with van der Waals surface area (Å²) in [5.74, 6) is -1.19. The van der Waals surface area contributed by atoms with Gasteiger partial charge in [0.2, 0.25) is 11.8 Å². The molecule has 0 heterocycles. The summed E-state index contributed by atoms with van der Waals surface area (Å²) < 4.78 is 14.0. The summed E-state index contributed by atoms with van der Waals surface area (Å²) in [5, 5.41) is 8.03. The third-order valence-electron chi connectivity index (χ3n) is 4.80. The Morgan fingerprint density at radius 1 is 1.40 bits per heavy atom. The van der Waals surface area contributed by atoms with Gasteiger partial charge in [0, 0.05) is 24.9 Å². The van der Waals surface area contributed by atoms with E-state index in [2.05, 4.69) is 17.1 Å². The predicted molar refractivity (Wildman–Crippen MR) is 116 cm³/mol. The first-order chi connectivity index (χ1) is 14.1. The molecule has 0 aromatic heterocycles. The van der Waals surface area contributed by atoms with Crippen LogP contribution in [0.25, 0.3) is 0 Å².